The number of carbonyl (C=O) groups is 1. The molecule has 2 aliphatic rings. The van der Waals surface area contributed by atoms with Crippen LogP contribution in [-0.4, -0.2) is 35.5 Å². The molecule has 0 amide bonds. The Hall–Kier alpha value is -0.610. The van der Waals surface area contributed by atoms with Gasteiger partial charge in [-0.3, -0.25) is 4.79 Å². The van der Waals surface area contributed by atoms with Gasteiger partial charge in [0.1, 0.15) is 0 Å². The molecule has 0 aromatic rings. The summed E-state index contributed by atoms with van der Waals surface area (Å²) >= 11 is 0. The van der Waals surface area contributed by atoms with Crippen molar-refractivity contribution in [1.82, 2.24) is 0 Å². The lowest BCUT2D eigenvalue weighted by atomic mass is 9.66. The summed E-state index contributed by atoms with van der Waals surface area (Å²) in [6, 6.07) is 0. The van der Waals surface area contributed by atoms with Gasteiger partial charge >= 0.3 is 5.97 Å². The molecule has 1 aliphatic carbocycles. The number of carboxylic acids is 1. The Bertz CT molecular complexity index is 271. The van der Waals surface area contributed by atoms with Crippen LogP contribution in [0.15, 0.2) is 0 Å². The minimum absolute atomic E-state index is 0.0913. The molecule has 1 saturated carbocycles. The van der Waals surface area contributed by atoms with Crippen molar-refractivity contribution in [3.8, 4) is 0 Å². The van der Waals surface area contributed by atoms with Gasteiger partial charge in [-0.15, -0.1) is 0 Å². The normalized spacial score (nSPS) is 33.9. The number of carboxylic acid groups (broad SMARTS) is 1. The first kappa shape index (κ1) is 12.8. The average molecular weight is 242 g/mol. The van der Waals surface area contributed by atoms with Crippen molar-refractivity contribution in [2.45, 2.75) is 51.0 Å². The van der Waals surface area contributed by atoms with E-state index in [9.17, 15) is 15.0 Å². The lowest BCUT2D eigenvalue weighted by Crippen LogP contribution is -2.47. The summed E-state index contributed by atoms with van der Waals surface area (Å²) in [5, 5.41) is 19.8. The van der Waals surface area contributed by atoms with Crippen molar-refractivity contribution in [2.24, 2.45) is 11.3 Å². The molecule has 2 rings (SSSR count). The van der Waals surface area contributed by atoms with Crippen LogP contribution >= 0.6 is 0 Å². The van der Waals surface area contributed by atoms with Gasteiger partial charge < -0.3 is 14.9 Å². The summed E-state index contributed by atoms with van der Waals surface area (Å²) in [4.78, 5) is 11.7. The van der Waals surface area contributed by atoms with Crippen molar-refractivity contribution < 1.29 is 19.7 Å². The first-order valence-electron chi connectivity index (χ1n) is 6.66. The molecule has 0 bridgehead atoms. The molecule has 2 unspecified atom stereocenters. The lowest BCUT2D eigenvalue weighted by Gasteiger charge is -2.41. The van der Waals surface area contributed by atoms with Gasteiger partial charge in [-0.25, -0.2) is 0 Å². The van der Waals surface area contributed by atoms with E-state index in [0.717, 1.165) is 32.1 Å². The maximum Gasteiger partial charge on any atom is 0.310 e. The minimum Gasteiger partial charge on any atom is -0.481 e. The largest absolute Gasteiger partial charge is 0.481 e. The van der Waals surface area contributed by atoms with Gasteiger partial charge in [0.25, 0.3) is 0 Å². The van der Waals surface area contributed by atoms with Crippen molar-refractivity contribution in [3.05, 3.63) is 0 Å². The molecule has 0 spiro atoms. The van der Waals surface area contributed by atoms with E-state index in [-0.39, 0.29) is 5.92 Å². The molecule has 0 aromatic heterocycles. The maximum atomic E-state index is 11.7. The highest BCUT2D eigenvalue weighted by atomic mass is 16.5. The Kier molecular flexibility index (Phi) is 4.05. The lowest BCUT2D eigenvalue weighted by molar-refractivity contribution is -0.165. The van der Waals surface area contributed by atoms with Crippen LogP contribution in [0.2, 0.25) is 0 Å². The zero-order valence-electron chi connectivity index (χ0n) is 10.2. The summed E-state index contributed by atoms with van der Waals surface area (Å²) in [6.45, 7) is 1.02. The van der Waals surface area contributed by atoms with Crippen molar-refractivity contribution in [3.63, 3.8) is 0 Å². The smallest absolute Gasteiger partial charge is 0.310 e. The van der Waals surface area contributed by atoms with E-state index in [2.05, 4.69) is 0 Å². The second kappa shape index (κ2) is 5.36. The zero-order valence-corrected chi connectivity index (χ0v) is 10.2. The van der Waals surface area contributed by atoms with Crippen LogP contribution in [0, 0.1) is 11.3 Å². The number of ether oxygens (including phenoxy) is 1. The highest BCUT2D eigenvalue weighted by Crippen LogP contribution is 2.45. The fourth-order valence-corrected chi connectivity index (χ4v) is 3.41. The molecule has 2 atom stereocenters. The van der Waals surface area contributed by atoms with Crippen LogP contribution < -0.4 is 0 Å². The standard InChI is InChI=1S/C13H22O4/c14-11-5-3-1-2-4-10(11)13(12(15)16)6-8-17-9-7-13/h10-11,14H,1-9H2,(H,15,16). The van der Waals surface area contributed by atoms with Gasteiger partial charge in [0.15, 0.2) is 0 Å². The Balaban J connectivity index is 2.21. The Labute approximate surface area is 102 Å². The highest BCUT2D eigenvalue weighted by Gasteiger charge is 2.49. The van der Waals surface area contributed by atoms with E-state index in [1.165, 1.54) is 0 Å². The second-order valence-electron chi connectivity index (χ2n) is 5.39. The number of aliphatic hydroxyl groups is 1. The van der Waals surface area contributed by atoms with Gasteiger partial charge in [-0.2, -0.15) is 0 Å². The number of aliphatic hydroxyl groups excluding tert-OH is 1. The molecule has 1 aliphatic heterocycles. The minimum atomic E-state index is -0.748. The predicted octanol–water partition coefficient (Wildman–Crippen LogP) is 1.81. The fourth-order valence-electron chi connectivity index (χ4n) is 3.41. The third-order valence-corrected chi connectivity index (χ3v) is 4.50. The molecule has 2 N–H and O–H groups in total. The highest BCUT2D eigenvalue weighted by molar-refractivity contribution is 5.75. The third-order valence-electron chi connectivity index (χ3n) is 4.50. The van der Waals surface area contributed by atoms with Crippen molar-refractivity contribution >= 4 is 5.97 Å². The maximum absolute atomic E-state index is 11.7. The Morgan fingerprint density at radius 1 is 1.12 bits per heavy atom. The SMILES string of the molecule is O=C(O)C1(C2CCCCCC2O)CCOCC1. The quantitative estimate of drug-likeness (QED) is 0.725. The summed E-state index contributed by atoms with van der Waals surface area (Å²) in [7, 11) is 0. The zero-order chi connectivity index (χ0) is 12.3. The molecule has 4 nitrogen and oxygen atoms in total. The van der Waals surface area contributed by atoms with Gasteiger partial charge in [0, 0.05) is 19.1 Å². The first-order valence-corrected chi connectivity index (χ1v) is 6.66. The number of hydrogen-bond donors (Lipinski definition) is 2. The van der Waals surface area contributed by atoms with Gasteiger partial charge in [0.05, 0.1) is 11.5 Å². The molecule has 0 aromatic carbocycles. The van der Waals surface area contributed by atoms with E-state index >= 15 is 0 Å². The average Bonchev–Trinajstić information content (AvgIpc) is 2.55. The fraction of sp³-hybridized carbons (Fsp3) is 0.923. The summed E-state index contributed by atoms with van der Waals surface area (Å²) < 4.78 is 5.29. The van der Waals surface area contributed by atoms with E-state index in [1.54, 1.807) is 0 Å². The molecule has 1 saturated heterocycles. The van der Waals surface area contributed by atoms with E-state index in [1.807, 2.05) is 0 Å². The Morgan fingerprint density at radius 3 is 2.41 bits per heavy atom. The summed E-state index contributed by atoms with van der Waals surface area (Å²) in [5.41, 5.74) is -0.748. The Morgan fingerprint density at radius 2 is 1.76 bits per heavy atom. The van der Waals surface area contributed by atoms with E-state index in [0.29, 0.717) is 26.1 Å². The van der Waals surface area contributed by atoms with Crippen LogP contribution in [0.25, 0.3) is 0 Å². The molecule has 98 valence electrons. The summed E-state index contributed by atoms with van der Waals surface area (Å²) in [6.07, 6.45) is 5.40. The van der Waals surface area contributed by atoms with Gasteiger partial charge in [0.2, 0.25) is 0 Å². The van der Waals surface area contributed by atoms with Crippen LogP contribution in [0.4, 0.5) is 0 Å². The van der Waals surface area contributed by atoms with Crippen molar-refractivity contribution in [1.29, 1.82) is 0 Å². The van der Waals surface area contributed by atoms with Crippen LogP contribution in [-0.2, 0) is 9.53 Å². The van der Waals surface area contributed by atoms with E-state index < -0.39 is 17.5 Å². The molecule has 4 heteroatoms. The van der Waals surface area contributed by atoms with Gasteiger partial charge in [-0.05, 0) is 25.7 Å². The van der Waals surface area contributed by atoms with Crippen LogP contribution in [0.3, 0.4) is 0 Å². The molecule has 0 radical (unpaired) electrons. The van der Waals surface area contributed by atoms with E-state index in [4.69, 9.17) is 4.74 Å². The molecule has 1 heterocycles. The van der Waals surface area contributed by atoms with Crippen molar-refractivity contribution in [2.75, 3.05) is 13.2 Å². The van der Waals surface area contributed by atoms with Crippen LogP contribution in [0.5, 0.6) is 0 Å². The third kappa shape index (κ3) is 2.47. The molecule has 2 fully saturated rings. The number of hydrogen-bond acceptors (Lipinski definition) is 3. The topological polar surface area (TPSA) is 66.8 Å². The number of rotatable bonds is 2. The summed E-state index contributed by atoms with van der Waals surface area (Å²) in [5.74, 6) is -0.835. The molecule has 17 heavy (non-hydrogen) atoms. The molecular formula is C13H22O4. The van der Waals surface area contributed by atoms with Crippen LogP contribution in [0.1, 0.15) is 44.9 Å². The van der Waals surface area contributed by atoms with Gasteiger partial charge in [-0.1, -0.05) is 19.3 Å². The monoisotopic (exact) mass is 242 g/mol. The number of aliphatic carboxylic acids is 1. The second-order valence-corrected chi connectivity index (χ2v) is 5.39. The first-order chi connectivity index (χ1) is 8.17. The molecular weight excluding hydrogens is 220 g/mol. The predicted molar refractivity (Wildman–Crippen MR) is 62.7 cm³/mol.